The maximum atomic E-state index is 13.3. The van der Waals surface area contributed by atoms with Gasteiger partial charge in [0.25, 0.3) is 0 Å². The quantitative estimate of drug-likeness (QED) is 0.375. The summed E-state index contributed by atoms with van der Waals surface area (Å²) >= 11 is 1.15. The second-order valence-corrected chi connectivity index (χ2v) is 5.22. The molecular weight excluding hydrogens is 247 g/mol. The van der Waals surface area contributed by atoms with Gasteiger partial charge in [-0.15, -0.1) is 11.8 Å². The van der Waals surface area contributed by atoms with Crippen LogP contribution >= 0.6 is 11.8 Å². The highest BCUT2D eigenvalue weighted by atomic mass is 32.2. The highest BCUT2D eigenvalue weighted by Crippen LogP contribution is 2.32. The number of nitrogens with two attached hydrogens (primary N) is 1. The number of anilines is 1. The number of nitrogens with zero attached hydrogens (tertiary/aromatic N) is 1. The van der Waals surface area contributed by atoms with E-state index in [0.717, 1.165) is 23.9 Å². The van der Waals surface area contributed by atoms with Gasteiger partial charge in [-0.2, -0.15) is 4.39 Å². The van der Waals surface area contributed by atoms with Gasteiger partial charge in [0.2, 0.25) is 5.82 Å². The first-order valence-electron chi connectivity index (χ1n) is 4.79. The Hall–Kier alpha value is -1.34. The molecule has 17 heavy (non-hydrogen) atoms. The third-order valence-corrected chi connectivity index (χ3v) is 3.37. The molecule has 0 aromatic heterocycles. The summed E-state index contributed by atoms with van der Waals surface area (Å²) in [6, 6.07) is 2.01. The van der Waals surface area contributed by atoms with Crippen molar-refractivity contribution >= 4 is 23.1 Å². The van der Waals surface area contributed by atoms with Gasteiger partial charge >= 0.3 is 5.69 Å². The van der Waals surface area contributed by atoms with E-state index in [1.54, 1.807) is 13.8 Å². The summed E-state index contributed by atoms with van der Waals surface area (Å²) in [5.74, 6) is -0.614. The Morgan fingerprint density at radius 2 is 2.18 bits per heavy atom. The van der Waals surface area contributed by atoms with Crippen molar-refractivity contribution in [2.45, 2.75) is 24.3 Å². The fraction of sp³-hybridized carbons (Fsp3) is 0.400. The molecule has 5 nitrogen and oxygen atoms in total. The summed E-state index contributed by atoms with van der Waals surface area (Å²) in [4.78, 5) is 10.0. The molecule has 94 valence electrons. The van der Waals surface area contributed by atoms with Gasteiger partial charge < -0.3 is 10.8 Å². The van der Waals surface area contributed by atoms with Crippen molar-refractivity contribution in [1.82, 2.24) is 0 Å². The van der Waals surface area contributed by atoms with Gasteiger partial charge in [0.15, 0.2) is 0 Å². The van der Waals surface area contributed by atoms with Crippen LogP contribution in [0.15, 0.2) is 17.0 Å². The Balaban J connectivity index is 2.96. The highest BCUT2D eigenvalue weighted by molar-refractivity contribution is 7.99. The van der Waals surface area contributed by atoms with Gasteiger partial charge in [0.05, 0.1) is 16.2 Å². The average Bonchev–Trinajstić information content (AvgIpc) is 2.17. The van der Waals surface area contributed by atoms with Gasteiger partial charge in [-0.1, -0.05) is 0 Å². The number of hydrogen-bond donors (Lipinski definition) is 2. The van der Waals surface area contributed by atoms with Crippen LogP contribution in [0.25, 0.3) is 0 Å². The van der Waals surface area contributed by atoms with Gasteiger partial charge in [-0.3, -0.25) is 10.1 Å². The van der Waals surface area contributed by atoms with E-state index in [2.05, 4.69) is 0 Å². The van der Waals surface area contributed by atoms with Crippen LogP contribution in [-0.4, -0.2) is 21.4 Å². The molecule has 0 radical (unpaired) electrons. The Kier molecular flexibility index (Phi) is 3.94. The Labute approximate surface area is 102 Å². The predicted molar refractivity (Wildman–Crippen MR) is 64.5 cm³/mol. The lowest BCUT2D eigenvalue weighted by atomic mass is 10.2. The molecule has 1 aromatic carbocycles. The minimum Gasteiger partial charge on any atom is -0.398 e. The van der Waals surface area contributed by atoms with Crippen LogP contribution < -0.4 is 5.73 Å². The molecule has 0 saturated carbocycles. The number of thioether (sulfide) groups is 1. The average molecular weight is 260 g/mol. The number of nitro groups is 1. The third kappa shape index (κ3) is 3.86. The zero-order valence-corrected chi connectivity index (χ0v) is 10.3. The first-order chi connectivity index (χ1) is 7.70. The van der Waals surface area contributed by atoms with E-state index in [4.69, 9.17) is 5.73 Å². The largest absolute Gasteiger partial charge is 0.398 e. The number of aliphatic hydroxyl groups is 1. The zero-order valence-electron chi connectivity index (χ0n) is 9.44. The van der Waals surface area contributed by atoms with Gasteiger partial charge in [-0.05, 0) is 19.9 Å². The van der Waals surface area contributed by atoms with E-state index in [1.807, 2.05) is 0 Å². The van der Waals surface area contributed by atoms with Gasteiger partial charge in [0.1, 0.15) is 0 Å². The molecule has 0 amide bonds. The number of nitro benzene ring substituents is 1. The lowest BCUT2D eigenvalue weighted by molar-refractivity contribution is -0.387. The van der Waals surface area contributed by atoms with Gasteiger partial charge in [0, 0.05) is 16.7 Å². The molecule has 0 fully saturated rings. The number of hydrogen-bond acceptors (Lipinski definition) is 5. The summed E-state index contributed by atoms with van der Waals surface area (Å²) in [6.45, 7) is 3.22. The number of halogens is 1. The van der Waals surface area contributed by atoms with E-state index in [9.17, 15) is 19.6 Å². The second kappa shape index (κ2) is 4.89. The third-order valence-electron chi connectivity index (χ3n) is 1.86. The van der Waals surface area contributed by atoms with Crippen LogP contribution in [0.3, 0.4) is 0 Å². The van der Waals surface area contributed by atoms with E-state index in [0.29, 0.717) is 10.6 Å². The standard InChI is InChI=1S/C10H13FN2O3S/c1-10(2,14)5-17-9-3-6(11)8(13(15)16)4-7(9)12/h3-4,14H,5,12H2,1-2H3. The molecule has 3 N–H and O–H groups in total. The highest BCUT2D eigenvalue weighted by Gasteiger charge is 2.19. The molecule has 7 heteroatoms. The van der Waals surface area contributed by atoms with Crippen LogP contribution in [0.5, 0.6) is 0 Å². The van der Waals surface area contributed by atoms with Crippen LogP contribution in [0.2, 0.25) is 0 Å². The van der Waals surface area contributed by atoms with Crippen molar-refractivity contribution in [3.05, 3.63) is 28.1 Å². The van der Waals surface area contributed by atoms with Crippen molar-refractivity contribution in [3.63, 3.8) is 0 Å². The minimum absolute atomic E-state index is 0.132. The molecule has 0 aliphatic rings. The van der Waals surface area contributed by atoms with E-state index < -0.39 is 22.0 Å². The summed E-state index contributed by atoms with van der Waals surface area (Å²) in [6.07, 6.45) is 0. The van der Waals surface area contributed by atoms with Crippen LogP contribution in [0.4, 0.5) is 15.8 Å². The zero-order chi connectivity index (χ0) is 13.2. The van der Waals surface area contributed by atoms with Crippen molar-refractivity contribution in [2.75, 3.05) is 11.5 Å². The lowest BCUT2D eigenvalue weighted by Gasteiger charge is -2.16. The van der Waals surface area contributed by atoms with E-state index in [-0.39, 0.29) is 5.69 Å². The van der Waals surface area contributed by atoms with Crippen LogP contribution in [-0.2, 0) is 0 Å². The molecule has 0 unspecified atom stereocenters. The first kappa shape index (κ1) is 13.7. The van der Waals surface area contributed by atoms with Gasteiger partial charge in [-0.25, -0.2) is 0 Å². The molecule has 0 bridgehead atoms. The SMILES string of the molecule is CC(C)(O)CSc1cc(F)c([N+](=O)[O-])cc1N. The summed E-state index contributed by atoms with van der Waals surface area (Å²) in [7, 11) is 0. The monoisotopic (exact) mass is 260 g/mol. The Morgan fingerprint density at radius 3 is 2.65 bits per heavy atom. The minimum atomic E-state index is -0.928. The summed E-state index contributed by atoms with van der Waals surface area (Å²) in [5, 5.41) is 20.0. The van der Waals surface area contributed by atoms with Crippen molar-refractivity contribution in [1.29, 1.82) is 0 Å². The molecule has 0 saturated heterocycles. The van der Waals surface area contributed by atoms with Crippen molar-refractivity contribution in [3.8, 4) is 0 Å². The summed E-state index contributed by atoms with van der Waals surface area (Å²) < 4.78 is 13.3. The fourth-order valence-corrected chi connectivity index (χ4v) is 2.00. The molecule has 0 aliphatic carbocycles. The topological polar surface area (TPSA) is 89.4 Å². The molecule has 1 rings (SSSR count). The Morgan fingerprint density at radius 1 is 1.59 bits per heavy atom. The lowest BCUT2D eigenvalue weighted by Crippen LogP contribution is -2.21. The molecule has 0 aliphatic heterocycles. The number of rotatable bonds is 4. The number of nitrogen functional groups attached to an aromatic ring is 1. The maximum Gasteiger partial charge on any atom is 0.306 e. The fourth-order valence-electron chi connectivity index (χ4n) is 1.08. The normalized spacial score (nSPS) is 11.5. The van der Waals surface area contributed by atoms with Crippen molar-refractivity contribution in [2.24, 2.45) is 0 Å². The van der Waals surface area contributed by atoms with E-state index in [1.165, 1.54) is 0 Å². The first-order valence-corrected chi connectivity index (χ1v) is 5.78. The van der Waals surface area contributed by atoms with Crippen LogP contribution in [0, 0.1) is 15.9 Å². The smallest absolute Gasteiger partial charge is 0.306 e. The maximum absolute atomic E-state index is 13.3. The van der Waals surface area contributed by atoms with Crippen molar-refractivity contribution < 1.29 is 14.4 Å². The number of benzene rings is 1. The molecule has 0 spiro atoms. The molecule has 1 aromatic rings. The molecule has 0 atom stereocenters. The molecule has 0 heterocycles. The molecular formula is C10H13FN2O3S. The summed E-state index contributed by atoms with van der Waals surface area (Å²) in [5.41, 5.74) is 4.15. The second-order valence-electron chi connectivity index (χ2n) is 4.20. The van der Waals surface area contributed by atoms with Crippen LogP contribution in [0.1, 0.15) is 13.8 Å². The predicted octanol–water partition coefficient (Wildman–Crippen LogP) is 2.18. The Bertz CT molecular complexity index is 446. The van der Waals surface area contributed by atoms with E-state index >= 15 is 0 Å².